The average Bonchev–Trinajstić information content (AvgIpc) is 2.50. The van der Waals surface area contributed by atoms with E-state index in [0.717, 1.165) is 19.3 Å². The molecule has 1 aromatic rings. The molecule has 0 amide bonds. The first-order valence-corrected chi connectivity index (χ1v) is 7.61. The van der Waals surface area contributed by atoms with Crippen LogP contribution in [0.4, 0.5) is 0 Å². The van der Waals surface area contributed by atoms with Crippen LogP contribution in [0.15, 0.2) is 4.90 Å². The number of sulfonamides is 1. The van der Waals surface area contributed by atoms with Gasteiger partial charge in [0.15, 0.2) is 0 Å². The Kier molecular flexibility index (Phi) is 3.74. The Morgan fingerprint density at radius 2 is 2.11 bits per heavy atom. The number of aliphatic hydroxyl groups is 1. The van der Waals surface area contributed by atoms with Gasteiger partial charge in [0.1, 0.15) is 4.90 Å². The normalized spacial score (nSPS) is 16.8. The molecule has 0 unspecified atom stereocenters. The molecule has 2 rings (SSSR count). The van der Waals surface area contributed by atoms with E-state index in [0.29, 0.717) is 17.9 Å². The van der Waals surface area contributed by atoms with E-state index in [9.17, 15) is 8.42 Å². The summed E-state index contributed by atoms with van der Waals surface area (Å²) in [6.07, 6.45) is 2.89. The van der Waals surface area contributed by atoms with Gasteiger partial charge in [0.2, 0.25) is 10.0 Å². The molecular weight excluding hydrogens is 254 g/mol. The first kappa shape index (κ1) is 13.5. The van der Waals surface area contributed by atoms with Crippen LogP contribution in [0.3, 0.4) is 0 Å². The van der Waals surface area contributed by atoms with Gasteiger partial charge in [-0.25, -0.2) is 13.1 Å². The van der Waals surface area contributed by atoms with Gasteiger partial charge in [0.25, 0.3) is 0 Å². The number of aliphatic hydroxyl groups excluding tert-OH is 1. The number of aryl methyl sites for hydroxylation is 1. The standard InChI is InChI=1S/C11H19N3O3S/c1-8-11(9(2)14(12-8)6-7-15)18(16,17)13-10-4-3-5-10/h10,13,15H,3-7H2,1-2H3. The molecule has 102 valence electrons. The van der Waals surface area contributed by atoms with Crippen molar-refractivity contribution in [2.24, 2.45) is 0 Å². The average molecular weight is 273 g/mol. The van der Waals surface area contributed by atoms with Crippen LogP contribution in [0.2, 0.25) is 0 Å². The highest BCUT2D eigenvalue weighted by Gasteiger charge is 2.29. The molecule has 1 aliphatic carbocycles. The smallest absolute Gasteiger partial charge is 0.244 e. The molecule has 1 heterocycles. The van der Waals surface area contributed by atoms with Gasteiger partial charge in [0, 0.05) is 6.04 Å². The molecule has 0 aliphatic heterocycles. The van der Waals surface area contributed by atoms with Crippen LogP contribution in [0.25, 0.3) is 0 Å². The Bertz CT molecular complexity index is 532. The molecule has 0 radical (unpaired) electrons. The predicted octanol–water partition coefficient (Wildman–Crippen LogP) is 0.323. The Morgan fingerprint density at radius 3 is 2.61 bits per heavy atom. The van der Waals surface area contributed by atoms with Gasteiger partial charge in [0.05, 0.1) is 24.5 Å². The van der Waals surface area contributed by atoms with E-state index in [1.54, 1.807) is 13.8 Å². The maximum absolute atomic E-state index is 12.3. The van der Waals surface area contributed by atoms with Gasteiger partial charge in [-0.05, 0) is 26.7 Å². The van der Waals surface area contributed by atoms with Crippen molar-refractivity contribution in [1.29, 1.82) is 0 Å². The van der Waals surface area contributed by atoms with Crippen LogP contribution in [-0.2, 0) is 16.6 Å². The molecule has 1 saturated carbocycles. The zero-order valence-electron chi connectivity index (χ0n) is 10.7. The maximum atomic E-state index is 12.3. The number of aromatic nitrogens is 2. The minimum atomic E-state index is -3.49. The zero-order valence-corrected chi connectivity index (χ0v) is 11.5. The van der Waals surface area contributed by atoms with Crippen LogP contribution in [-0.4, -0.2) is 36.0 Å². The molecule has 1 fully saturated rings. The van der Waals surface area contributed by atoms with Crippen molar-refractivity contribution in [3.63, 3.8) is 0 Å². The highest BCUT2D eigenvalue weighted by Crippen LogP contribution is 2.24. The van der Waals surface area contributed by atoms with Gasteiger partial charge >= 0.3 is 0 Å². The lowest BCUT2D eigenvalue weighted by molar-refractivity contribution is 0.267. The Balaban J connectivity index is 2.31. The first-order chi connectivity index (χ1) is 8.45. The monoisotopic (exact) mass is 273 g/mol. The fourth-order valence-corrected chi connectivity index (χ4v) is 3.90. The lowest BCUT2D eigenvalue weighted by Crippen LogP contribution is -2.39. The topological polar surface area (TPSA) is 84.2 Å². The number of hydrogen-bond donors (Lipinski definition) is 2. The quantitative estimate of drug-likeness (QED) is 0.809. The third kappa shape index (κ3) is 2.43. The summed E-state index contributed by atoms with van der Waals surface area (Å²) in [6, 6.07) is 0.0648. The molecule has 2 N–H and O–H groups in total. The largest absolute Gasteiger partial charge is 0.394 e. The van der Waals surface area contributed by atoms with Gasteiger partial charge in [-0.3, -0.25) is 4.68 Å². The van der Waals surface area contributed by atoms with Crippen LogP contribution in [0.5, 0.6) is 0 Å². The highest BCUT2D eigenvalue weighted by molar-refractivity contribution is 7.89. The van der Waals surface area contributed by atoms with Crippen molar-refractivity contribution in [3.05, 3.63) is 11.4 Å². The predicted molar refractivity (Wildman–Crippen MR) is 66.7 cm³/mol. The minimum Gasteiger partial charge on any atom is -0.394 e. The Hall–Kier alpha value is -0.920. The molecule has 0 bridgehead atoms. The SMILES string of the molecule is Cc1nn(CCO)c(C)c1S(=O)(=O)NC1CCC1. The van der Waals surface area contributed by atoms with E-state index in [2.05, 4.69) is 9.82 Å². The molecular formula is C11H19N3O3S. The third-order valence-corrected chi connectivity index (χ3v) is 5.09. The summed E-state index contributed by atoms with van der Waals surface area (Å²) in [5, 5.41) is 13.1. The molecule has 7 heteroatoms. The molecule has 1 aliphatic rings. The van der Waals surface area contributed by atoms with Crippen molar-refractivity contribution in [1.82, 2.24) is 14.5 Å². The third-order valence-electron chi connectivity index (χ3n) is 3.32. The second kappa shape index (κ2) is 4.99. The van der Waals surface area contributed by atoms with Crippen LogP contribution in [0.1, 0.15) is 30.7 Å². The molecule has 0 saturated heterocycles. The Morgan fingerprint density at radius 1 is 1.44 bits per heavy atom. The maximum Gasteiger partial charge on any atom is 0.244 e. The molecule has 0 atom stereocenters. The number of nitrogens with one attached hydrogen (secondary N) is 1. The van der Waals surface area contributed by atoms with Crippen LogP contribution in [0, 0.1) is 13.8 Å². The van der Waals surface area contributed by atoms with E-state index < -0.39 is 10.0 Å². The summed E-state index contributed by atoms with van der Waals surface area (Å²) in [4.78, 5) is 0.253. The molecule has 6 nitrogen and oxygen atoms in total. The highest BCUT2D eigenvalue weighted by atomic mass is 32.2. The van der Waals surface area contributed by atoms with E-state index in [-0.39, 0.29) is 17.5 Å². The summed E-state index contributed by atoms with van der Waals surface area (Å²) in [7, 11) is -3.49. The number of hydrogen-bond acceptors (Lipinski definition) is 4. The van der Waals surface area contributed by atoms with E-state index in [1.165, 1.54) is 4.68 Å². The van der Waals surface area contributed by atoms with Crippen molar-refractivity contribution in [2.45, 2.75) is 50.6 Å². The van der Waals surface area contributed by atoms with Crippen molar-refractivity contribution in [3.8, 4) is 0 Å². The summed E-state index contributed by atoms with van der Waals surface area (Å²) >= 11 is 0. The van der Waals surface area contributed by atoms with Crippen LogP contribution >= 0.6 is 0 Å². The molecule has 1 aromatic heterocycles. The lowest BCUT2D eigenvalue weighted by atomic mass is 9.94. The second-order valence-corrected chi connectivity index (χ2v) is 6.35. The van der Waals surface area contributed by atoms with Gasteiger partial charge < -0.3 is 5.11 Å². The lowest BCUT2D eigenvalue weighted by Gasteiger charge is -2.26. The van der Waals surface area contributed by atoms with E-state index in [1.807, 2.05) is 0 Å². The van der Waals surface area contributed by atoms with Crippen LogP contribution < -0.4 is 4.72 Å². The van der Waals surface area contributed by atoms with Crippen molar-refractivity contribution < 1.29 is 13.5 Å². The van der Waals surface area contributed by atoms with Gasteiger partial charge in [-0.15, -0.1) is 0 Å². The summed E-state index contributed by atoms with van der Waals surface area (Å²) < 4.78 is 28.8. The fraction of sp³-hybridized carbons (Fsp3) is 0.727. The number of rotatable bonds is 5. The van der Waals surface area contributed by atoms with Gasteiger partial charge in [-0.1, -0.05) is 6.42 Å². The van der Waals surface area contributed by atoms with Gasteiger partial charge in [-0.2, -0.15) is 5.10 Å². The van der Waals surface area contributed by atoms with E-state index in [4.69, 9.17) is 5.11 Å². The first-order valence-electron chi connectivity index (χ1n) is 6.13. The Labute approximate surface area is 107 Å². The second-order valence-electron chi connectivity index (χ2n) is 4.70. The fourth-order valence-electron chi connectivity index (χ4n) is 2.19. The summed E-state index contributed by atoms with van der Waals surface area (Å²) in [6.45, 7) is 3.64. The molecule has 18 heavy (non-hydrogen) atoms. The minimum absolute atomic E-state index is 0.0580. The van der Waals surface area contributed by atoms with Crippen molar-refractivity contribution in [2.75, 3.05) is 6.61 Å². The zero-order chi connectivity index (χ0) is 13.3. The summed E-state index contributed by atoms with van der Waals surface area (Å²) in [5.41, 5.74) is 1.06. The van der Waals surface area contributed by atoms with Crippen molar-refractivity contribution >= 4 is 10.0 Å². The number of nitrogens with zero attached hydrogens (tertiary/aromatic N) is 2. The summed E-state index contributed by atoms with van der Waals surface area (Å²) in [5.74, 6) is 0. The molecule has 0 spiro atoms. The molecule has 0 aromatic carbocycles. The van der Waals surface area contributed by atoms with E-state index >= 15 is 0 Å².